The molecule has 0 saturated carbocycles. The van der Waals surface area contributed by atoms with Gasteiger partial charge in [0, 0.05) is 44.2 Å². The molecule has 1 aromatic heterocycles. The predicted octanol–water partition coefficient (Wildman–Crippen LogP) is 1.15. The van der Waals surface area contributed by atoms with Crippen LogP contribution in [0.15, 0.2) is 36.5 Å². The molecule has 1 amide bonds. The molecule has 1 heterocycles. The lowest BCUT2D eigenvalue weighted by molar-refractivity contribution is 0.0953. The average Bonchev–Trinajstić information content (AvgIpc) is 2.97. The van der Waals surface area contributed by atoms with E-state index in [1.54, 1.807) is 13.3 Å². The molecule has 0 unspecified atom stereocenters. The Hall–Kier alpha value is -2.18. The second-order valence-corrected chi connectivity index (χ2v) is 4.93. The summed E-state index contributed by atoms with van der Waals surface area (Å²) in [7, 11) is 1.66. The van der Waals surface area contributed by atoms with Crippen molar-refractivity contribution >= 4 is 5.91 Å². The molecular formula is C16H22N4O2. The van der Waals surface area contributed by atoms with Crippen molar-refractivity contribution in [3.05, 3.63) is 47.8 Å². The minimum absolute atomic E-state index is 0.0720. The van der Waals surface area contributed by atoms with Crippen LogP contribution in [0.2, 0.25) is 0 Å². The highest BCUT2D eigenvalue weighted by Crippen LogP contribution is 2.11. The van der Waals surface area contributed by atoms with Crippen LogP contribution in [0, 0.1) is 6.92 Å². The summed E-state index contributed by atoms with van der Waals surface area (Å²) in [5.41, 5.74) is 2.64. The summed E-state index contributed by atoms with van der Waals surface area (Å²) >= 11 is 0. The number of nitrogens with zero attached hydrogens (tertiary/aromatic N) is 2. The summed E-state index contributed by atoms with van der Waals surface area (Å²) in [4.78, 5) is 12.0. The molecule has 22 heavy (non-hydrogen) atoms. The van der Waals surface area contributed by atoms with Crippen LogP contribution in [0.5, 0.6) is 0 Å². The van der Waals surface area contributed by atoms with Crippen LogP contribution in [-0.2, 0) is 4.74 Å². The molecule has 6 heteroatoms. The third kappa shape index (κ3) is 4.41. The molecule has 0 atom stereocenters. The first-order chi connectivity index (χ1) is 10.7. The van der Waals surface area contributed by atoms with Crippen molar-refractivity contribution in [2.45, 2.75) is 6.92 Å². The van der Waals surface area contributed by atoms with Gasteiger partial charge in [-0.1, -0.05) is 0 Å². The van der Waals surface area contributed by atoms with Crippen molar-refractivity contribution in [1.29, 1.82) is 0 Å². The minimum atomic E-state index is -0.0720. The van der Waals surface area contributed by atoms with E-state index in [0.717, 1.165) is 24.5 Å². The Kier molecular flexibility index (Phi) is 6.12. The molecule has 0 aliphatic heterocycles. The van der Waals surface area contributed by atoms with Crippen molar-refractivity contribution < 1.29 is 9.53 Å². The summed E-state index contributed by atoms with van der Waals surface area (Å²) in [6.07, 6.45) is 1.76. The van der Waals surface area contributed by atoms with E-state index >= 15 is 0 Å². The number of aryl methyl sites for hydroxylation is 1. The molecule has 0 radical (unpaired) electrons. The summed E-state index contributed by atoms with van der Waals surface area (Å²) in [6, 6.07) is 9.35. The van der Waals surface area contributed by atoms with Crippen molar-refractivity contribution in [2.75, 3.05) is 33.4 Å². The van der Waals surface area contributed by atoms with Crippen LogP contribution in [0.25, 0.3) is 5.69 Å². The highest BCUT2D eigenvalue weighted by Gasteiger charge is 2.06. The van der Waals surface area contributed by atoms with Gasteiger partial charge in [-0.2, -0.15) is 5.10 Å². The number of amides is 1. The van der Waals surface area contributed by atoms with E-state index in [9.17, 15) is 4.79 Å². The molecule has 0 fully saturated rings. The molecule has 0 saturated heterocycles. The molecule has 0 aliphatic rings. The lowest BCUT2D eigenvalue weighted by atomic mass is 10.2. The molecule has 2 aromatic rings. The SMILES string of the molecule is COCCNCCNC(=O)c1ccc(-n2nccc2C)cc1. The van der Waals surface area contributed by atoms with E-state index in [-0.39, 0.29) is 5.91 Å². The summed E-state index contributed by atoms with van der Waals surface area (Å²) in [5.74, 6) is -0.0720. The second-order valence-electron chi connectivity index (χ2n) is 4.93. The number of benzene rings is 1. The van der Waals surface area contributed by atoms with Crippen LogP contribution < -0.4 is 10.6 Å². The van der Waals surface area contributed by atoms with Gasteiger partial charge in [0.05, 0.1) is 12.3 Å². The topological polar surface area (TPSA) is 68.2 Å². The molecule has 118 valence electrons. The van der Waals surface area contributed by atoms with Crippen molar-refractivity contribution in [2.24, 2.45) is 0 Å². The highest BCUT2D eigenvalue weighted by atomic mass is 16.5. The third-order valence-corrected chi connectivity index (χ3v) is 3.28. The zero-order valence-electron chi connectivity index (χ0n) is 13.0. The molecule has 0 aliphatic carbocycles. The second kappa shape index (κ2) is 8.31. The van der Waals surface area contributed by atoms with Gasteiger partial charge < -0.3 is 15.4 Å². The van der Waals surface area contributed by atoms with Gasteiger partial charge in [-0.3, -0.25) is 4.79 Å². The Bertz CT molecular complexity index is 592. The van der Waals surface area contributed by atoms with Crippen LogP contribution in [0.1, 0.15) is 16.1 Å². The van der Waals surface area contributed by atoms with E-state index in [1.165, 1.54) is 0 Å². The average molecular weight is 302 g/mol. The zero-order valence-corrected chi connectivity index (χ0v) is 13.0. The van der Waals surface area contributed by atoms with Gasteiger partial charge in [0.1, 0.15) is 0 Å². The Labute approximate surface area is 130 Å². The Morgan fingerprint density at radius 3 is 2.59 bits per heavy atom. The van der Waals surface area contributed by atoms with Gasteiger partial charge in [-0.25, -0.2) is 4.68 Å². The maximum Gasteiger partial charge on any atom is 0.251 e. The van der Waals surface area contributed by atoms with E-state index in [0.29, 0.717) is 18.7 Å². The van der Waals surface area contributed by atoms with Gasteiger partial charge >= 0.3 is 0 Å². The summed E-state index contributed by atoms with van der Waals surface area (Å²) in [5, 5.41) is 10.3. The Balaban J connectivity index is 1.83. The van der Waals surface area contributed by atoms with Crippen molar-refractivity contribution in [1.82, 2.24) is 20.4 Å². The number of hydrogen-bond donors (Lipinski definition) is 2. The smallest absolute Gasteiger partial charge is 0.251 e. The Morgan fingerprint density at radius 1 is 1.18 bits per heavy atom. The molecule has 1 aromatic carbocycles. The van der Waals surface area contributed by atoms with E-state index in [4.69, 9.17) is 4.74 Å². The molecule has 6 nitrogen and oxygen atoms in total. The molecule has 2 rings (SSSR count). The predicted molar refractivity (Wildman–Crippen MR) is 85.4 cm³/mol. The first-order valence-electron chi connectivity index (χ1n) is 7.31. The fourth-order valence-electron chi connectivity index (χ4n) is 2.06. The molecule has 0 bridgehead atoms. The van der Waals surface area contributed by atoms with Gasteiger partial charge in [-0.05, 0) is 37.3 Å². The standard InChI is InChI=1S/C16H22N4O2/c1-13-7-8-19-20(13)15-5-3-14(4-6-15)16(21)18-10-9-17-11-12-22-2/h3-8,17H,9-12H2,1-2H3,(H,18,21). The largest absolute Gasteiger partial charge is 0.383 e. The van der Waals surface area contributed by atoms with Crippen LogP contribution in [0.4, 0.5) is 0 Å². The number of aromatic nitrogens is 2. The number of ether oxygens (including phenoxy) is 1. The lowest BCUT2D eigenvalue weighted by Crippen LogP contribution is -2.33. The van der Waals surface area contributed by atoms with Crippen LogP contribution in [-0.4, -0.2) is 49.0 Å². The van der Waals surface area contributed by atoms with Gasteiger partial charge in [0.25, 0.3) is 5.91 Å². The quantitative estimate of drug-likeness (QED) is 0.718. The van der Waals surface area contributed by atoms with Gasteiger partial charge in [0.2, 0.25) is 0 Å². The number of methoxy groups -OCH3 is 1. The maximum atomic E-state index is 12.0. The van der Waals surface area contributed by atoms with Crippen molar-refractivity contribution in [3.63, 3.8) is 0 Å². The third-order valence-electron chi connectivity index (χ3n) is 3.28. The number of nitrogens with one attached hydrogen (secondary N) is 2. The first-order valence-corrected chi connectivity index (χ1v) is 7.31. The maximum absolute atomic E-state index is 12.0. The van der Waals surface area contributed by atoms with Gasteiger partial charge in [-0.15, -0.1) is 0 Å². The van der Waals surface area contributed by atoms with Crippen molar-refractivity contribution in [3.8, 4) is 5.69 Å². The van der Waals surface area contributed by atoms with Gasteiger partial charge in [0.15, 0.2) is 0 Å². The molecule has 2 N–H and O–H groups in total. The Morgan fingerprint density at radius 2 is 1.95 bits per heavy atom. The zero-order chi connectivity index (χ0) is 15.8. The number of hydrogen-bond acceptors (Lipinski definition) is 4. The summed E-state index contributed by atoms with van der Waals surface area (Å²) < 4.78 is 6.77. The minimum Gasteiger partial charge on any atom is -0.383 e. The number of rotatable bonds is 8. The lowest BCUT2D eigenvalue weighted by Gasteiger charge is -2.08. The van der Waals surface area contributed by atoms with E-state index in [1.807, 2.05) is 41.9 Å². The molecule has 0 spiro atoms. The monoisotopic (exact) mass is 302 g/mol. The van der Waals surface area contributed by atoms with Crippen LogP contribution >= 0.6 is 0 Å². The van der Waals surface area contributed by atoms with Crippen LogP contribution in [0.3, 0.4) is 0 Å². The fourth-order valence-corrected chi connectivity index (χ4v) is 2.06. The fraction of sp³-hybridized carbons (Fsp3) is 0.375. The highest BCUT2D eigenvalue weighted by molar-refractivity contribution is 5.94. The normalized spacial score (nSPS) is 10.6. The number of carbonyl (C=O) groups is 1. The summed E-state index contributed by atoms with van der Waals surface area (Å²) in [6.45, 7) is 4.75. The first kappa shape index (κ1) is 16.2. The number of carbonyl (C=O) groups excluding carboxylic acids is 1. The van der Waals surface area contributed by atoms with E-state index < -0.39 is 0 Å². The van der Waals surface area contributed by atoms with E-state index in [2.05, 4.69) is 15.7 Å². The molecular weight excluding hydrogens is 280 g/mol.